The zero-order valence-corrected chi connectivity index (χ0v) is 10.8. The summed E-state index contributed by atoms with van der Waals surface area (Å²) in [6, 6.07) is 4.51. The molecule has 0 aromatic heterocycles. The quantitative estimate of drug-likeness (QED) is 0.661. The van der Waals surface area contributed by atoms with Gasteiger partial charge in [0, 0.05) is 12.3 Å². The molecule has 6 nitrogen and oxygen atoms in total. The summed E-state index contributed by atoms with van der Waals surface area (Å²) < 4.78 is 22.6. The average Bonchev–Trinajstić information content (AvgIpc) is 2.30. The highest BCUT2D eigenvalue weighted by molar-refractivity contribution is 7.91. The lowest BCUT2D eigenvalue weighted by molar-refractivity contribution is 0.0698. The molecule has 0 saturated heterocycles. The molecule has 0 saturated carbocycles. The molecule has 100 valence electrons. The fourth-order valence-electron chi connectivity index (χ4n) is 1.42. The first-order valence-corrected chi connectivity index (χ1v) is 7.25. The molecule has 7 heteroatoms. The molecular formula is C11H16N2O4S. The molecule has 0 aliphatic carbocycles. The number of benzene rings is 1. The Morgan fingerprint density at radius 2 is 2.11 bits per heavy atom. The molecule has 0 spiro atoms. The minimum absolute atomic E-state index is 0.0314. The van der Waals surface area contributed by atoms with E-state index in [0.717, 1.165) is 0 Å². The number of nitrogens with two attached hydrogens (primary N) is 1. The van der Waals surface area contributed by atoms with Crippen molar-refractivity contribution in [2.24, 2.45) is 0 Å². The van der Waals surface area contributed by atoms with E-state index < -0.39 is 15.8 Å². The van der Waals surface area contributed by atoms with Gasteiger partial charge < -0.3 is 16.2 Å². The first-order chi connectivity index (χ1) is 8.37. The van der Waals surface area contributed by atoms with E-state index in [1.54, 1.807) is 13.0 Å². The van der Waals surface area contributed by atoms with Gasteiger partial charge >= 0.3 is 5.97 Å². The molecule has 0 fully saturated rings. The second kappa shape index (κ2) is 5.72. The third-order valence-corrected chi connectivity index (χ3v) is 4.19. The van der Waals surface area contributed by atoms with Gasteiger partial charge in [0.05, 0.1) is 22.7 Å². The van der Waals surface area contributed by atoms with E-state index in [9.17, 15) is 13.2 Å². The van der Waals surface area contributed by atoms with Crippen LogP contribution in [0, 0.1) is 0 Å². The van der Waals surface area contributed by atoms with E-state index in [2.05, 4.69) is 5.32 Å². The number of sulfone groups is 1. The molecule has 0 bridgehead atoms. The van der Waals surface area contributed by atoms with Gasteiger partial charge in [0.25, 0.3) is 0 Å². The van der Waals surface area contributed by atoms with Crippen LogP contribution in [0.15, 0.2) is 18.2 Å². The number of para-hydroxylation sites is 1. The molecular weight excluding hydrogens is 256 g/mol. The summed E-state index contributed by atoms with van der Waals surface area (Å²) in [6.45, 7) is 1.69. The van der Waals surface area contributed by atoms with Gasteiger partial charge in [-0.3, -0.25) is 0 Å². The SMILES string of the molecule is CCS(=O)(=O)CCNc1c(N)cccc1C(=O)O. The summed E-state index contributed by atoms with van der Waals surface area (Å²) in [6.07, 6.45) is 0. The molecule has 1 aromatic rings. The lowest BCUT2D eigenvalue weighted by Crippen LogP contribution is -2.19. The van der Waals surface area contributed by atoms with E-state index in [4.69, 9.17) is 10.8 Å². The van der Waals surface area contributed by atoms with Crippen LogP contribution in [0.25, 0.3) is 0 Å². The fourth-order valence-corrected chi connectivity index (χ4v) is 2.12. The van der Waals surface area contributed by atoms with Crippen molar-refractivity contribution in [1.82, 2.24) is 0 Å². The summed E-state index contributed by atoms with van der Waals surface area (Å²) >= 11 is 0. The molecule has 0 aliphatic heterocycles. The summed E-state index contributed by atoms with van der Waals surface area (Å²) in [4.78, 5) is 11.0. The van der Waals surface area contributed by atoms with E-state index in [0.29, 0.717) is 0 Å². The zero-order valence-electron chi connectivity index (χ0n) is 10.0. The van der Waals surface area contributed by atoms with Crippen LogP contribution < -0.4 is 11.1 Å². The third kappa shape index (κ3) is 3.63. The smallest absolute Gasteiger partial charge is 0.337 e. The predicted molar refractivity (Wildman–Crippen MR) is 70.6 cm³/mol. The summed E-state index contributed by atoms with van der Waals surface area (Å²) in [5, 5.41) is 11.7. The van der Waals surface area contributed by atoms with Crippen LogP contribution in [0.2, 0.25) is 0 Å². The average molecular weight is 272 g/mol. The Morgan fingerprint density at radius 3 is 2.67 bits per heavy atom. The van der Waals surface area contributed by atoms with Crippen molar-refractivity contribution in [3.05, 3.63) is 23.8 Å². The number of hydrogen-bond acceptors (Lipinski definition) is 5. The summed E-state index contributed by atoms with van der Waals surface area (Å²) in [7, 11) is -3.09. The lowest BCUT2D eigenvalue weighted by atomic mass is 10.1. The van der Waals surface area contributed by atoms with E-state index in [1.165, 1.54) is 12.1 Å². The molecule has 4 N–H and O–H groups in total. The van der Waals surface area contributed by atoms with Gasteiger partial charge in [-0.25, -0.2) is 13.2 Å². The van der Waals surface area contributed by atoms with Gasteiger partial charge in [0.15, 0.2) is 9.84 Å². The van der Waals surface area contributed by atoms with Gasteiger partial charge in [0.2, 0.25) is 0 Å². The summed E-state index contributed by atoms with van der Waals surface area (Å²) in [5.74, 6) is -1.11. The Hall–Kier alpha value is -1.76. The Morgan fingerprint density at radius 1 is 1.44 bits per heavy atom. The fraction of sp³-hybridized carbons (Fsp3) is 0.364. The zero-order chi connectivity index (χ0) is 13.8. The number of anilines is 2. The highest BCUT2D eigenvalue weighted by Gasteiger charge is 2.13. The maximum Gasteiger partial charge on any atom is 0.337 e. The van der Waals surface area contributed by atoms with Crippen LogP contribution in [0.3, 0.4) is 0 Å². The van der Waals surface area contributed by atoms with Crippen molar-refractivity contribution in [3.63, 3.8) is 0 Å². The second-order valence-electron chi connectivity index (χ2n) is 3.74. The van der Waals surface area contributed by atoms with Crippen molar-refractivity contribution in [3.8, 4) is 0 Å². The van der Waals surface area contributed by atoms with Crippen LogP contribution in [0.4, 0.5) is 11.4 Å². The standard InChI is InChI=1S/C11H16N2O4S/c1-2-18(16,17)7-6-13-10-8(11(14)15)4-3-5-9(10)12/h3-5,13H,2,6-7,12H2,1H3,(H,14,15). The third-order valence-electron chi connectivity index (χ3n) is 2.48. The van der Waals surface area contributed by atoms with Gasteiger partial charge in [-0.15, -0.1) is 0 Å². The largest absolute Gasteiger partial charge is 0.478 e. The van der Waals surface area contributed by atoms with Crippen molar-refractivity contribution < 1.29 is 18.3 Å². The van der Waals surface area contributed by atoms with Crippen LogP contribution >= 0.6 is 0 Å². The normalized spacial score (nSPS) is 11.2. The number of carboxylic acid groups (broad SMARTS) is 1. The van der Waals surface area contributed by atoms with Gasteiger partial charge in [-0.1, -0.05) is 13.0 Å². The molecule has 0 atom stereocenters. The molecule has 0 heterocycles. The number of nitrogens with one attached hydrogen (secondary N) is 1. The Balaban J connectivity index is 2.82. The van der Waals surface area contributed by atoms with Gasteiger partial charge in [0.1, 0.15) is 0 Å². The van der Waals surface area contributed by atoms with Gasteiger partial charge in [-0.05, 0) is 12.1 Å². The van der Waals surface area contributed by atoms with Crippen LogP contribution in [-0.2, 0) is 9.84 Å². The number of nitrogen functional groups attached to an aromatic ring is 1. The maximum atomic E-state index is 11.3. The molecule has 0 radical (unpaired) electrons. The van der Waals surface area contributed by atoms with Crippen LogP contribution in [-0.4, -0.2) is 37.5 Å². The lowest BCUT2D eigenvalue weighted by Gasteiger charge is -2.12. The summed E-state index contributed by atoms with van der Waals surface area (Å²) in [5.41, 5.74) is 6.24. The van der Waals surface area contributed by atoms with Crippen molar-refractivity contribution >= 4 is 27.2 Å². The molecule has 1 aromatic carbocycles. The van der Waals surface area contributed by atoms with E-state index in [-0.39, 0.29) is 35.0 Å². The second-order valence-corrected chi connectivity index (χ2v) is 6.21. The van der Waals surface area contributed by atoms with Crippen LogP contribution in [0.5, 0.6) is 0 Å². The van der Waals surface area contributed by atoms with Crippen LogP contribution in [0.1, 0.15) is 17.3 Å². The van der Waals surface area contributed by atoms with E-state index >= 15 is 0 Å². The van der Waals surface area contributed by atoms with Gasteiger partial charge in [-0.2, -0.15) is 0 Å². The van der Waals surface area contributed by atoms with Crippen molar-refractivity contribution in [1.29, 1.82) is 0 Å². The Kier molecular flexibility index (Phi) is 4.55. The molecule has 0 amide bonds. The Bertz CT molecular complexity index is 540. The van der Waals surface area contributed by atoms with E-state index in [1.807, 2.05) is 0 Å². The van der Waals surface area contributed by atoms with Crippen molar-refractivity contribution in [2.75, 3.05) is 29.1 Å². The van der Waals surface area contributed by atoms with Crippen molar-refractivity contribution in [2.45, 2.75) is 6.92 Å². The number of rotatable bonds is 6. The monoisotopic (exact) mass is 272 g/mol. The Labute approximate surface area is 106 Å². The maximum absolute atomic E-state index is 11.3. The predicted octanol–water partition coefficient (Wildman–Crippen LogP) is 0.814. The molecule has 18 heavy (non-hydrogen) atoms. The first-order valence-electron chi connectivity index (χ1n) is 5.43. The highest BCUT2D eigenvalue weighted by atomic mass is 32.2. The number of carboxylic acids is 1. The minimum Gasteiger partial charge on any atom is -0.478 e. The number of aromatic carboxylic acids is 1. The number of hydrogen-bond donors (Lipinski definition) is 3. The number of carbonyl (C=O) groups is 1. The first kappa shape index (κ1) is 14.3. The minimum atomic E-state index is -3.09. The molecule has 0 aliphatic rings. The molecule has 1 rings (SSSR count). The topological polar surface area (TPSA) is 109 Å². The molecule has 0 unspecified atom stereocenters. The highest BCUT2D eigenvalue weighted by Crippen LogP contribution is 2.23.